The fourth-order valence-electron chi connectivity index (χ4n) is 3.93. The first-order chi connectivity index (χ1) is 14.8. The molecule has 1 aliphatic rings. The number of hydrogen-bond donors (Lipinski definition) is 2. The summed E-state index contributed by atoms with van der Waals surface area (Å²) in [5, 5.41) is 10.7. The third kappa shape index (κ3) is 4.78. The number of fused-ring (bicyclic) bond motifs is 1. The van der Waals surface area contributed by atoms with E-state index in [0.29, 0.717) is 35.8 Å². The molecule has 32 heavy (non-hydrogen) atoms. The molecule has 2 atom stereocenters. The molecule has 176 valence electrons. The van der Waals surface area contributed by atoms with Crippen LogP contribution in [0.2, 0.25) is 0 Å². The standard InChI is InChI=1S/C23H30N2O5S.ClH/c1-23(2,10-11-24)25-15-8-6-7-9-18(15)31-21(19(26)22(25)27)14-12-16(28-3)20(30-5)17(13-14)29-4;/h6-9,12-13,19,21,26H,10-11,24H2,1-5H3;1H. The summed E-state index contributed by atoms with van der Waals surface area (Å²) in [5.41, 5.74) is 6.73. The van der Waals surface area contributed by atoms with Gasteiger partial charge in [-0.1, -0.05) is 12.1 Å². The molecule has 2 aromatic carbocycles. The third-order valence-corrected chi connectivity index (χ3v) is 6.88. The predicted molar refractivity (Wildman–Crippen MR) is 130 cm³/mol. The van der Waals surface area contributed by atoms with Gasteiger partial charge in [0.15, 0.2) is 11.5 Å². The van der Waals surface area contributed by atoms with E-state index in [1.807, 2.05) is 38.1 Å². The molecule has 7 nitrogen and oxygen atoms in total. The molecule has 0 aromatic heterocycles. The van der Waals surface area contributed by atoms with E-state index < -0.39 is 16.9 Å². The molecule has 0 aliphatic carbocycles. The lowest BCUT2D eigenvalue weighted by atomic mass is 9.95. The molecule has 2 aromatic rings. The maximum Gasteiger partial charge on any atom is 0.257 e. The first kappa shape index (κ1) is 26.1. The monoisotopic (exact) mass is 482 g/mol. The number of hydrogen-bond acceptors (Lipinski definition) is 7. The number of anilines is 1. The summed E-state index contributed by atoms with van der Waals surface area (Å²) in [4.78, 5) is 16.2. The molecular weight excluding hydrogens is 452 g/mol. The van der Waals surface area contributed by atoms with Crippen molar-refractivity contribution in [2.24, 2.45) is 5.73 Å². The zero-order valence-electron chi connectivity index (χ0n) is 19.0. The minimum Gasteiger partial charge on any atom is -0.493 e. The van der Waals surface area contributed by atoms with Crippen LogP contribution in [-0.2, 0) is 4.79 Å². The van der Waals surface area contributed by atoms with Crippen LogP contribution in [0.25, 0.3) is 0 Å². The predicted octanol–water partition coefficient (Wildman–Crippen LogP) is 3.80. The van der Waals surface area contributed by atoms with Crippen molar-refractivity contribution in [3.63, 3.8) is 0 Å². The Morgan fingerprint density at radius 3 is 2.22 bits per heavy atom. The van der Waals surface area contributed by atoms with E-state index in [1.165, 1.54) is 33.1 Å². The number of nitrogens with zero attached hydrogens (tertiary/aromatic N) is 1. The number of ether oxygens (including phenoxy) is 3. The highest BCUT2D eigenvalue weighted by atomic mass is 35.5. The molecule has 0 fully saturated rings. The van der Waals surface area contributed by atoms with E-state index in [4.69, 9.17) is 19.9 Å². The van der Waals surface area contributed by atoms with Gasteiger partial charge in [-0.3, -0.25) is 4.79 Å². The lowest BCUT2D eigenvalue weighted by Gasteiger charge is -2.39. The second-order valence-corrected chi connectivity index (χ2v) is 9.12. The van der Waals surface area contributed by atoms with Gasteiger partial charge in [0.1, 0.15) is 6.10 Å². The van der Waals surface area contributed by atoms with Crippen LogP contribution in [0.1, 0.15) is 31.1 Å². The highest BCUT2D eigenvalue weighted by molar-refractivity contribution is 7.99. The molecule has 0 radical (unpaired) electrons. The maximum absolute atomic E-state index is 13.6. The van der Waals surface area contributed by atoms with Crippen LogP contribution in [0, 0.1) is 0 Å². The van der Waals surface area contributed by atoms with Gasteiger partial charge in [0.25, 0.3) is 5.91 Å². The topological polar surface area (TPSA) is 94.3 Å². The summed E-state index contributed by atoms with van der Waals surface area (Å²) in [5.74, 6) is 1.03. The van der Waals surface area contributed by atoms with Gasteiger partial charge < -0.3 is 30.0 Å². The number of thioether (sulfide) groups is 1. The highest BCUT2D eigenvalue weighted by Crippen LogP contribution is 2.50. The first-order valence-electron chi connectivity index (χ1n) is 10.1. The fourth-order valence-corrected chi connectivity index (χ4v) is 5.16. The van der Waals surface area contributed by atoms with Gasteiger partial charge >= 0.3 is 0 Å². The van der Waals surface area contributed by atoms with Crippen LogP contribution in [0.3, 0.4) is 0 Å². The van der Waals surface area contributed by atoms with Gasteiger partial charge in [0, 0.05) is 10.4 Å². The van der Waals surface area contributed by atoms with Crippen molar-refractivity contribution in [3.05, 3.63) is 42.0 Å². The van der Waals surface area contributed by atoms with Gasteiger partial charge in [0.05, 0.1) is 32.3 Å². The Balaban J connectivity index is 0.00000363. The molecule has 1 heterocycles. The molecular formula is C23H31ClN2O5S. The normalized spacial score (nSPS) is 18.3. The van der Waals surface area contributed by atoms with E-state index in [1.54, 1.807) is 17.0 Å². The van der Waals surface area contributed by atoms with Crippen LogP contribution in [-0.4, -0.2) is 50.5 Å². The van der Waals surface area contributed by atoms with Crippen molar-refractivity contribution < 1.29 is 24.1 Å². The molecule has 9 heteroatoms. The largest absolute Gasteiger partial charge is 0.493 e. The van der Waals surface area contributed by atoms with Crippen LogP contribution in [0.4, 0.5) is 5.69 Å². The van der Waals surface area contributed by atoms with Gasteiger partial charge in [0.2, 0.25) is 5.75 Å². The van der Waals surface area contributed by atoms with Crippen LogP contribution in [0.5, 0.6) is 17.2 Å². The molecule has 3 N–H and O–H groups in total. The van der Waals surface area contributed by atoms with E-state index in [0.717, 1.165) is 10.6 Å². The van der Waals surface area contributed by atoms with Crippen molar-refractivity contribution in [2.75, 3.05) is 32.8 Å². The van der Waals surface area contributed by atoms with Gasteiger partial charge in [-0.05, 0) is 56.6 Å². The van der Waals surface area contributed by atoms with Crippen molar-refractivity contribution in [1.29, 1.82) is 0 Å². The summed E-state index contributed by atoms with van der Waals surface area (Å²) in [6, 6.07) is 11.2. The molecule has 1 aliphatic heterocycles. The van der Waals surface area contributed by atoms with Crippen molar-refractivity contribution in [2.45, 2.75) is 42.1 Å². The Kier molecular flexibility index (Phi) is 8.70. The van der Waals surface area contributed by atoms with Crippen molar-refractivity contribution in [3.8, 4) is 17.2 Å². The number of methoxy groups -OCH3 is 3. The van der Waals surface area contributed by atoms with E-state index in [2.05, 4.69) is 0 Å². The number of rotatable bonds is 7. The summed E-state index contributed by atoms with van der Waals surface area (Å²) in [6.07, 6.45) is -0.684. The van der Waals surface area contributed by atoms with Gasteiger partial charge in [-0.15, -0.1) is 24.2 Å². The molecule has 1 amide bonds. The van der Waals surface area contributed by atoms with E-state index in [9.17, 15) is 9.90 Å². The molecule has 0 spiro atoms. The molecule has 0 saturated heterocycles. The van der Waals surface area contributed by atoms with Gasteiger partial charge in [-0.25, -0.2) is 0 Å². The van der Waals surface area contributed by atoms with Crippen LogP contribution < -0.4 is 24.8 Å². The zero-order chi connectivity index (χ0) is 22.8. The average molecular weight is 483 g/mol. The summed E-state index contributed by atoms with van der Waals surface area (Å²) >= 11 is 1.44. The minimum absolute atomic E-state index is 0. The Bertz CT molecular complexity index is 931. The number of carbonyl (C=O) groups excluding carboxylic acids is 1. The number of para-hydroxylation sites is 1. The molecule has 0 bridgehead atoms. The number of aliphatic hydroxyl groups is 1. The highest BCUT2D eigenvalue weighted by Gasteiger charge is 2.43. The second-order valence-electron chi connectivity index (χ2n) is 7.93. The quantitative estimate of drug-likeness (QED) is 0.619. The molecule has 2 unspecified atom stereocenters. The fraction of sp³-hybridized carbons (Fsp3) is 0.435. The number of nitrogens with two attached hydrogens (primary N) is 1. The summed E-state index contributed by atoms with van der Waals surface area (Å²) < 4.78 is 16.4. The summed E-state index contributed by atoms with van der Waals surface area (Å²) in [6.45, 7) is 4.36. The average Bonchev–Trinajstić information content (AvgIpc) is 2.87. The number of halogens is 1. The number of benzene rings is 2. The lowest BCUT2D eigenvalue weighted by Crippen LogP contribution is -2.53. The smallest absolute Gasteiger partial charge is 0.257 e. The Labute approximate surface area is 199 Å². The number of amides is 1. The van der Waals surface area contributed by atoms with Crippen molar-refractivity contribution >= 4 is 35.8 Å². The molecule has 3 rings (SSSR count). The number of carbonyl (C=O) groups is 1. The van der Waals surface area contributed by atoms with Gasteiger partial charge in [-0.2, -0.15) is 0 Å². The SMILES string of the molecule is COc1cc(C2Sc3ccccc3N(C(C)(C)CCN)C(=O)C2O)cc(OC)c1OC.Cl. The van der Waals surface area contributed by atoms with Crippen molar-refractivity contribution in [1.82, 2.24) is 0 Å². The second kappa shape index (κ2) is 10.7. The van der Waals surface area contributed by atoms with Crippen LogP contribution >= 0.6 is 24.2 Å². The molecule has 0 saturated carbocycles. The van der Waals surface area contributed by atoms with E-state index in [-0.39, 0.29) is 18.3 Å². The maximum atomic E-state index is 13.6. The lowest BCUT2D eigenvalue weighted by molar-refractivity contribution is -0.127. The third-order valence-electron chi connectivity index (χ3n) is 5.50. The minimum atomic E-state index is -1.28. The summed E-state index contributed by atoms with van der Waals surface area (Å²) in [7, 11) is 4.61. The Hall–Kier alpha value is -2.13. The van der Waals surface area contributed by atoms with E-state index >= 15 is 0 Å². The number of aliphatic hydroxyl groups excluding tert-OH is 1. The zero-order valence-corrected chi connectivity index (χ0v) is 20.6. The van der Waals surface area contributed by atoms with Crippen LogP contribution in [0.15, 0.2) is 41.3 Å². The Morgan fingerprint density at radius 2 is 1.69 bits per heavy atom. The first-order valence-corrected chi connectivity index (χ1v) is 10.9. The Morgan fingerprint density at radius 1 is 1.09 bits per heavy atom.